The Balaban J connectivity index is 1.37. The monoisotopic (exact) mass is 423 g/mol. The Hall–Kier alpha value is -4.12. The van der Waals surface area contributed by atoms with Gasteiger partial charge in [0.25, 0.3) is 11.6 Å². The SMILES string of the molecule is O=C(COC(=O)c1n[nH]c2ccccc12)Nc1nc(-c2cccc([N+](=O)[O-])c2)cs1. The number of anilines is 1. The Morgan fingerprint density at radius 3 is 2.87 bits per heavy atom. The van der Waals surface area contributed by atoms with Crippen molar-refractivity contribution >= 4 is 44.9 Å². The first-order valence-corrected chi connectivity index (χ1v) is 9.49. The zero-order valence-corrected chi connectivity index (χ0v) is 16.0. The maximum absolute atomic E-state index is 12.2. The number of H-pyrrole nitrogens is 1. The number of esters is 1. The van der Waals surface area contributed by atoms with Crippen molar-refractivity contribution in [3.05, 3.63) is 69.7 Å². The highest BCUT2D eigenvalue weighted by Gasteiger charge is 2.17. The second-order valence-corrected chi connectivity index (χ2v) is 6.95. The number of fused-ring (bicyclic) bond motifs is 1. The zero-order chi connectivity index (χ0) is 21.1. The van der Waals surface area contributed by atoms with E-state index in [2.05, 4.69) is 20.5 Å². The second kappa shape index (κ2) is 8.09. The minimum atomic E-state index is -0.723. The van der Waals surface area contributed by atoms with Gasteiger partial charge in [-0.15, -0.1) is 11.3 Å². The number of carbonyl (C=O) groups excluding carboxylic acids is 2. The summed E-state index contributed by atoms with van der Waals surface area (Å²) in [5, 5.41) is 22.6. The molecule has 0 atom stereocenters. The molecule has 0 radical (unpaired) electrons. The van der Waals surface area contributed by atoms with Gasteiger partial charge in [-0.25, -0.2) is 9.78 Å². The van der Waals surface area contributed by atoms with Gasteiger partial charge in [-0.05, 0) is 6.07 Å². The smallest absolute Gasteiger partial charge is 0.359 e. The van der Waals surface area contributed by atoms with Crippen LogP contribution in [0.1, 0.15) is 10.5 Å². The summed E-state index contributed by atoms with van der Waals surface area (Å²) in [4.78, 5) is 39.0. The number of carbonyl (C=O) groups is 2. The third-order valence-electron chi connectivity index (χ3n) is 4.10. The number of nitro groups is 1. The van der Waals surface area contributed by atoms with E-state index in [9.17, 15) is 19.7 Å². The number of amides is 1. The topological polar surface area (TPSA) is 140 Å². The van der Waals surface area contributed by atoms with E-state index in [0.717, 1.165) is 11.3 Å². The van der Waals surface area contributed by atoms with Crippen LogP contribution in [0.15, 0.2) is 53.9 Å². The van der Waals surface area contributed by atoms with E-state index >= 15 is 0 Å². The largest absolute Gasteiger partial charge is 0.451 e. The maximum Gasteiger partial charge on any atom is 0.359 e. The quantitative estimate of drug-likeness (QED) is 0.275. The minimum absolute atomic E-state index is 0.0520. The lowest BCUT2D eigenvalue weighted by Gasteiger charge is -2.03. The molecule has 11 heteroatoms. The van der Waals surface area contributed by atoms with Gasteiger partial charge in [-0.2, -0.15) is 5.10 Å². The van der Waals surface area contributed by atoms with Crippen LogP contribution in [0.3, 0.4) is 0 Å². The Bertz CT molecular complexity index is 1260. The molecule has 0 aliphatic heterocycles. The molecule has 0 aliphatic rings. The van der Waals surface area contributed by atoms with Crippen LogP contribution in [0.5, 0.6) is 0 Å². The van der Waals surface area contributed by atoms with E-state index in [1.165, 1.54) is 12.1 Å². The number of aromatic amines is 1. The van der Waals surface area contributed by atoms with Crippen LogP contribution in [0.4, 0.5) is 10.8 Å². The highest BCUT2D eigenvalue weighted by molar-refractivity contribution is 7.14. The third kappa shape index (κ3) is 4.00. The van der Waals surface area contributed by atoms with Gasteiger partial charge in [0, 0.05) is 28.5 Å². The number of thiazole rings is 1. The molecule has 150 valence electrons. The molecule has 0 spiro atoms. The van der Waals surface area contributed by atoms with Crippen molar-refractivity contribution in [2.24, 2.45) is 0 Å². The van der Waals surface area contributed by atoms with E-state index in [1.54, 1.807) is 41.8 Å². The van der Waals surface area contributed by atoms with Crippen LogP contribution in [0.2, 0.25) is 0 Å². The average Bonchev–Trinajstić information content (AvgIpc) is 3.39. The first-order valence-electron chi connectivity index (χ1n) is 8.62. The van der Waals surface area contributed by atoms with E-state index in [1.807, 2.05) is 0 Å². The minimum Gasteiger partial charge on any atom is -0.451 e. The van der Waals surface area contributed by atoms with E-state index in [0.29, 0.717) is 22.2 Å². The summed E-state index contributed by atoms with van der Waals surface area (Å²) in [7, 11) is 0. The summed E-state index contributed by atoms with van der Waals surface area (Å²) in [5.74, 6) is -1.29. The van der Waals surface area contributed by atoms with Crippen LogP contribution in [-0.4, -0.2) is 38.6 Å². The van der Waals surface area contributed by atoms with Crippen molar-refractivity contribution in [1.29, 1.82) is 0 Å². The highest BCUT2D eigenvalue weighted by atomic mass is 32.1. The molecule has 2 aromatic carbocycles. The van der Waals surface area contributed by atoms with E-state index in [4.69, 9.17) is 4.74 Å². The first kappa shape index (κ1) is 19.2. The predicted octanol–water partition coefficient (Wildman–Crippen LogP) is 3.39. The normalized spacial score (nSPS) is 10.7. The number of aromatic nitrogens is 3. The standard InChI is InChI=1S/C19H13N5O5S/c25-16(9-29-18(26)17-13-6-1-2-7-14(13)22-23-17)21-19-20-15(10-30-19)11-4-3-5-12(8-11)24(27)28/h1-8,10H,9H2,(H,22,23)(H,20,21,25). The van der Waals surface area contributed by atoms with Gasteiger partial charge < -0.3 is 4.74 Å². The number of hydrogen-bond donors (Lipinski definition) is 2. The fourth-order valence-electron chi connectivity index (χ4n) is 2.72. The molecule has 0 fully saturated rings. The van der Waals surface area contributed by atoms with Crippen molar-refractivity contribution in [3.63, 3.8) is 0 Å². The lowest BCUT2D eigenvalue weighted by atomic mass is 10.1. The molecule has 30 heavy (non-hydrogen) atoms. The molecule has 10 nitrogen and oxygen atoms in total. The van der Waals surface area contributed by atoms with Crippen molar-refractivity contribution in [2.45, 2.75) is 0 Å². The number of para-hydroxylation sites is 1. The highest BCUT2D eigenvalue weighted by Crippen LogP contribution is 2.27. The Morgan fingerprint density at radius 2 is 2.03 bits per heavy atom. The first-order chi connectivity index (χ1) is 14.5. The summed E-state index contributed by atoms with van der Waals surface area (Å²) in [6.07, 6.45) is 0. The van der Waals surface area contributed by atoms with Gasteiger partial charge in [-0.3, -0.25) is 25.3 Å². The van der Waals surface area contributed by atoms with Crippen molar-refractivity contribution < 1.29 is 19.2 Å². The molecule has 2 N–H and O–H groups in total. The van der Waals surface area contributed by atoms with Gasteiger partial charge in [0.1, 0.15) is 0 Å². The summed E-state index contributed by atoms with van der Waals surface area (Å²) in [5.41, 5.74) is 1.77. The molecular weight excluding hydrogens is 410 g/mol. The second-order valence-electron chi connectivity index (χ2n) is 6.09. The summed E-state index contributed by atoms with van der Waals surface area (Å²) >= 11 is 1.15. The molecule has 1 amide bonds. The summed E-state index contributed by atoms with van der Waals surface area (Å²) in [6.45, 7) is -0.508. The van der Waals surface area contributed by atoms with Crippen LogP contribution < -0.4 is 5.32 Å². The van der Waals surface area contributed by atoms with Gasteiger partial charge in [0.2, 0.25) is 0 Å². The predicted molar refractivity (Wildman–Crippen MR) is 109 cm³/mol. The number of hydrogen-bond acceptors (Lipinski definition) is 8. The van der Waals surface area contributed by atoms with Crippen LogP contribution in [0, 0.1) is 10.1 Å². The van der Waals surface area contributed by atoms with Crippen LogP contribution in [0.25, 0.3) is 22.2 Å². The summed E-state index contributed by atoms with van der Waals surface area (Å²) < 4.78 is 5.03. The lowest BCUT2D eigenvalue weighted by Crippen LogP contribution is -2.21. The molecule has 0 bridgehead atoms. The Kier molecular flexibility index (Phi) is 5.18. The fourth-order valence-corrected chi connectivity index (χ4v) is 3.45. The maximum atomic E-state index is 12.2. The number of nitrogens with zero attached hydrogens (tertiary/aromatic N) is 3. The lowest BCUT2D eigenvalue weighted by molar-refractivity contribution is -0.384. The molecule has 2 heterocycles. The molecule has 4 rings (SSSR count). The van der Waals surface area contributed by atoms with Crippen molar-refractivity contribution in [3.8, 4) is 11.3 Å². The molecule has 0 aliphatic carbocycles. The molecule has 0 saturated carbocycles. The van der Waals surface area contributed by atoms with E-state index in [-0.39, 0.29) is 16.5 Å². The number of nitro benzene ring substituents is 1. The Labute approximate surface area is 172 Å². The molecule has 0 saturated heterocycles. The van der Waals surface area contributed by atoms with Crippen LogP contribution >= 0.6 is 11.3 Å². The fraction of sp³-hybridized carbons (Fsp3) is 0.0526. The molecule has 2 aromatic heterocycles. The van der Waals surface area contributed by atoms with Gasteiger partial charge in [0.05, 0.1) is 16.1 Å². The Morgan fingerprint density at radius 1 is 1.20 bits per heavy atom. The van der Waals surface area contributed by atoms with Crippen molar-refractivity contribution in [1.82, 2.24) is 15.2 Å². The van der Waals surface area contributed by atoms with E-state index < -0.39 is 23.4 Å². The van der Waals surface area contributed by atoms with Crippen LogP contribution in [-0.2, 0) is 9.53 Å². The van der Waals surface area contributed by atoms with Gasteiger partial charge >= 0.3 is 5.97 Å². The molecule has 0 unspecified atom stereocenters. The number of rotatable bonds is 6. The average molecular weight is 423 g/mol. The number of nitrogens with one attached hydrogen (secondary N) is 2. The summed E-state index contributed by atoms with van der Waals surface area (Å²) in [6, 6.07) is 13.1. The third-order valence-corrected chi connectivity index (χ3v) is 4.86. The number of non-ortho nitro benzene ring substituents is 1. The number of ether oxygens (including phenoxy) is 1. The van der Waals surface area contributed by atoms with Gasteiger partial charge in [-0.1, -0.05) is 30.3 Å². The molecule has 4 aromatic rings. The van der Waals surface area contributed by atoms with Crippen molar-refractivity contribution in [2.75, 3.05) is 11.9 Å². The van der Waals surface area contributed by atoms with Gasteiger partial charge in [0.15, 0.2) is 17.4 Å². The molecular formula is C19H13N5O5S. The number of benzene rings is 2. The zero-order valence-electron chi connectivity index (χ0n) is 15.2.